The van der Waals surface area contributed by atoms with Crippen LogP contribution in [-0.4, -0.2) is 21.9 Å². The zero-order valence-corrected chi connectivity index (χ0v) is 14.1. The van der Waals surface area contributed by atoms with Crippen molar-refractivity contribution in [1.82, 2.24) is 15.8 Å². The third-order valence-electron chi connectivity index (χ3n) is 4.23. The Balaban J connectivity index is 1.51. The van der Waals surface area contributed by atoms with Gasteiger partial charge in [-0.25, -0.2) is 4.98 Å². The van der Waals surface area contributed by atoms with Crippen LogP contribution in [0, 0.1) is 0 Å². The van der Waals surface area contributed by atoms with Crippen molar-refractivity contribution < 1.29 is 14.7 Å². The quantitative estimate of drug-likeness (QED) is 0.481. The average molecular weight is 357 g/mol. The summed E-state index contributed by atoms with van der Waals surface area (Å²) in [6, 6.07) is 21.2. The van der Waals surface area contributed by atoms with Crippen molar-refractivity contribution >= 4 is 33.5 Å². The van der Waals surface area contributed by atoms with E-state index in [4.69, 9.17) is 0 Å². The smallest absolute Gasteiger partial charge is 0.288 e. The summed E-state index contributed by atoms with van der Waals surface area (Å²) < 4.78 is 0. The number of nitrogens with one attached hydrogen (secondary N) is 2. The van der Waals surface area contributed by atoms with E-state index in [2.05, 4.69) is 15.8 Å². The third-order valence-corrected chi connectivity index (χ3v) is 4.23. The molecule has 0 aliphatic rings. The highest BCUT2D eigenvalue weighted by molar-refractivity contribution is 6.03. The number of para-hydroxylation sites is 1. The molecule has 0 spiro atoms. The maximum atomic E-state index is 12.4. The summed E-state index contributed by atoms with van der Waals surface area (Å²) in [7, 11) is 0. The lowest BCUT2D eigenvalue weighted by Gasteiger charge is -2.10. The molecule has 3 N–H and O–H groups in total. The van der Waals surface area contributed by atoms with Gasteiger partial charge in [0.25, 0.3) is 11.8 Å². The minimum absolute atomic E-state index is 0.0699. The lowest BCUT2D eigenvalue weighted by Crippen LogP contribution is -2.42. The molecule has 0 aliphatic carbocycles. The standard InChI is InChI=1S/C21H15N3O3/c25-19-12-15-7-2-1-6-14(15)11-16(19)20(26)23-24-21(27)18-10-9-13-5-3-4-8-17(13)22-18/h1-12,25H,(H,23,26)(H,24,27). The highest BCUT2D eigenvalue weighted by Crippen LogP contribution is 2.24. The van der Waals surface area contributed by atoms with E-state index in [0.717, 1.165) is 16.2 Å². The summed E-state index contributed by atoms with van der Waals surface area (Å²) in [6.45, 7) is 0. The third kappa shape index (κ3) is 3.28. The Morgan fingerprint density at radius 2 is 1.37 bits per heavy atom. The van der Waals surface area contributed by atoms with Crippen molar-refractivity contribution in [2.45, 2.75) is 0 Å². The van der Waals surface area contributed by atoms with Gasteiger partial charge in [-0.1, -0.05) is 48.5 Å². The molecule has 0 bridgehead atoms. The van der Waals surface area contributed by atoms with Gasteiger partial charge in [-0.15, -0.1) is 0 Å². The summed E-state index contributed by atoms with van der Waals surface area (Å²) in [5, 5.41) is 12.6. The highest BCUT2D eigenvalue weighted by Gasteiger charge is 2.14. The van der Waals surface area contributed by atoms with Crippen LogP contribution < -0.4 is 10.9 Å². The molecule has 6 heteroatoms. The van der Waals surface area contributed by atoms with Gasteiger partial charge in [-0.2, -0.15) is 0 Å². The van der Waals surface area contributed by atoms with Gasteiger partial charge in [0.15, 0.2) is 0 Å². The van der Waals surface area contributed by atoms with Crippen molar-refractivity contribution in [3.8, 4) is 5.75 Å². The number of hydrazine groups is 1. The number of phenolic OH excluding ortho intramolecular Hbond substituents is 1. The Kier molecular flexibility index (Phi) is 4.14. The summed E-state index contributed by atoms with van der Waals surface area (Å²) >= 11 is 0. The first-order chi connectivity index (χ1) is 13.1. The SMILES string of the molecule is O=C(NNC(=O)c1cc2ccccc2cc1O)c1ccc2ccccc2n1. The lowest BCUT2D eigenvalue weighted by atomic mass is 10.1. The normalized spacial score (nSPS) is 10.7. The van der Waals surface area contributed by atoms with Gasteiger partial charge >= 0.3 is 0 Å². The van der Waals surface area contributed by atoms with Crippen molar-refractivity contribution in [1.29, 1.82) is 0 Å². The van der Waals surface area contributed by atoms with Crippen LogP contribution in [-0.2, 0) is 0 Å². The molecule has 1 aromatic heterocycles. The van der Waals surface area contributed by atoms with Crippen LogP contribution in [0.5, 0.6) is 5.75 Å². The number of fused-ring (bicyclic) bond motifs is 2. The minimum atomic E-state index is -0.618. The molecule has 4 rings (SSSR count). The maximum Gasteiger partial charge on any atom is 0.288 e. The molecule has 2 amide bonds. The fourth-order valence-corrected chi connectivity index (χ4v) is 2.85. The van der Waals surface area contributed by atoms with Crippen molar-refractivity contribution in [3.63, 3.8) is 0 Å². The zero-order valence-electron chi connectivity index (χ0n) is 14.1. The van der Waals surface area contributed by atoms with Gasteiger partial charge < -0.3 is 5.11 Å². The van der Waals surface area contributed by atoms with Crippen molar-refractivity contribution in [2.24, 2.45) is 0 Å². The molecule has 0 unspecified atom stereocenters. The molecule has 3 aromatic carbocycles. The molecule has 132 valence electrons. The van der Waals surface area contributed by atoms with Crippen LogP contribution in [0.4, 0.5) is 0 Å². The van der Waals surface area contributed by atoms with E-state index in [1.807, 2.05) is 42.5 Å². The molecular weight excluding hydrogens is 342 g/mol. The lowest BCUT2D eigenvalue weighted by molar-refractivity contribution is 0.0842. The van der Waals surface area contributed by atoms with Gasteiger partial charge in [0.2, 0.25) is 0 Å². The van der Waals surface area contributed by atoms with E-state index < -0.39 is 11.8 Å². The monoisotopic (exact) mass is 357 g/mol. The number of aromatic hydroxyl groups is 1. The molecule has 0 atom stereocenters. The number of nitrogens with zero attached hydrogens (tertiary/aromatic N) is 1. The van der Waals surface area contributed by atoms with Crippen molar-refractivity contribution in [3.05, 3.63) is 84.1 Å². The molecular formula is C21H15N3O3. The largest absolute Gasteiger partial charge is 0.507 e. The highest BCUT2D eigenvalue weighted by atomic mass is 16.3. The molecule has 0 radical (unpaired) electrons. The second kappa shape index (κ2) is 6.76. The van der Waals surface area contributed by atoms with Crippen molar-refractivity contribution in [2.75, 3.05) is 0 Å². The fraction of sp³-hybridized carbons (Fsp3) is 0. The second-order valence-corrected chi connectivity index (χ2v) is 6.01. The molecule has 0 aliphatic heterocycles. The minimum Gasteiger partial charge on any atom is -0.507 e. The van der Waals surface area contributed by atoms with E-state index in [9.17, 15) is 14.7 Å². The first-order valence-electron chi connectivity index (χ1n) is 8.30. The van der Waals surface area contributed by atoms with Crippen LogP contribution in [0.1, 0.15) is 20.8 Å². The topological polar surface area (TPSA) is 91.3 Å². The number of phenols is 1. The van der Waals surface area contributed by atoms with Crippen LogP contribution in [0.15, 0.2) is 72.8 Å². The molecule has 0 fully saturated rings. The molecule has 27 heavy (non-hydrogen) atoms. The number of benzene rings is 3. The van der Waals surface area contributed by atoms with Gasteiger partial charge in [-0.3, -0.25) is 20.4 Å². The number of carbonyl (C=O) groups is 2. The van der Waals surface area contributed by atoms with Gasteiger partial charge in [0.1, 0.15) is 11.4 Å². The van der Waals surface area contributed by atoms with E-state index in [1.54, 1.807) is 24.3 Å². The van der Waals surface area contributed by atoms with Gasteiger partial charge in [0.05, 0.1) is 11.1 Å². The molecule has 1 heterocycles. The molecule has 6 nitrogen and oxygen atoms in total. The number of pyridine rings is 1. The predicted octanol–water partition coefficient (Wildman–Crippen LogP) is 3.17. The Morgan fingerprint density at radius 3 is 2.15 bits per heavy atom. The summed E-state index contributed by atoms with van der Waals surface area (Å²) in [5.74, 6) is -1.33. The Labute approximate surface area is 154 Å². The molecule has 4 aromatic rings. The number of rotatable bonds is 2. The van der Waals surface area contributed by atoms with Crippen LogP contribution in [0.3, 0.4) is 0 Å². The van der Waals surface area contributed by atoms with E-state index in [-0.39, 0.29) is 17.0 Å². The number of hydrogen-bond acceptors (Lipinski definition) is 4. The number of hydrogen-bond donors (Lipinski definition) is 3. The Bertz CT molecular complexity index is 1190. The number of aromatic nitrogens is 1. The number of carbonyl (C=O) groups excluding carboxylic acids is 2. The average Bonchev–Trinajstić information content (AvgIpc) is 2.70. The predicted molar refractivity (Wildman–Crippen MR) is 102 cm³/mol. The molecule has 0 saturated heterocycles. The second-order valence-electron chi connectivity index (χ2n) is 6.01. The maximum absolute atomic E-state index is 12.4. The Morgan fingerprint density at radius 1 is 0.741 bits per heavy atom. The Hall–Kier alpha value is -3.93. The van der Waals surface area contributed by atoms with Crippen LogP contribution >= 0.6 is 0 Å². The van der Waals surface area contributed by atoms with Gasteiger partial charge in [0, 0.05) is 5.39 Å². The van der Waals surface area contributed by atoms with Crippen LogP contribution in [0.25, 0.3) is 21.7 Å². The zero-order chi connectivity index (χ0) is 18.8. The fourth-order valence-electron chi connectivity index (χ4n) is 2.85. The number of amides is 2. The van der Waals surface area contributed by atoms with Gasteiger partial charge in [-0.05, 0) is 35.0 Å². The summed E-state index contributed by atoms with van der Waals surface area (Å²) in [5.41, 5.74) is 5.57. The summed E-state index contributed by atoms with van der Waals surface area (Å²) in [4.78, 5) is 28.9. The first-order valence-corrected chi connectivity index (χ1v) is 8.30. The van der Waals surface area contributed by atoms with Crippen LogP contribution in [0.2, 0.25) is 0 Å². The van der Waals surface area contributed by atoms with E-state index >= 15 is 0 Å². The first kappa shape index (κ1) is 16.5. The van der Waals surface area contributed by atoms with E-state index in [0.29, 0.717) is 5.52 Å². The van der Waals surface area contributed by atoms with E-state index in [1.165, 1.54) is 6.07 Å². The molecule has 0 saturated carbocycles. The summed E-state index contributed by atoms with van der Waals surface area (Å²) in [6.07, 6.45) is 0.